The summed E-state index contributed by atoms with van der Waals surface area (Å²) in [7, 11) is 1.56. The van der Waals surface area contributed by atoms with E-state index in [0.29, 0.717) is 37.8 Å². The van der Waals surface area contributed by atoms with Crippen LogP contribution < -0.4 is 14.8 Å². The zero-order valence-corrected chi connectivity index (χ0v) is 17.1. The molecule has 0 heterocycles. The molecule has 0 aromatic heterocycles. The van der Waals surface area contributed by atoms with Crippen LogP contribution in [0.15, 0.2) is 60.7 Å². The molecule has 144 valence electrons. The monoisotopic (exact) mass is 435 g/mol. The second-order valence-electron chi connectivity index (χ2n) is 5.88. The average Bonchev–Trinajstić information content (AvgIpc) is 2.66. The molecule has 3 aromatic carbocycles. The van der Waals surface area contributed by atoms with Crippen molar-refractivity contribution in [3.8, 4) is 11.5 Å². The Morgan fingerprint density at radius 2 is 1.57 bits per heavy atom. The number of anilines is 1. The van der Waals surface area contributed by atoms with Gasteiger partial charge < -0.3 is 14.8 Å². The van der Waals surface area contributed by atoms with Gasteiger partial charge in [-0.2, -0.15) is 0 Å². The third-order valence-corrected chi connectivity index (χ3v) is 4.56. The second kappa shape index (κ2) is 9.20. The summed E-state index contributed by atoms with van der Waals surface area (Å²) in [6, 6.07) is 17.0. The molecule has 0 bridgehead atoms. The number of carbonyl (C=O) groups is 1. The lowest BCUT2D eigenvalue weighted by Gasteiger charge is -2.13. The molecule has 3 rings (SSSR count). The first-order valence-corrected chi connectivity index (χ1v) is 9.41. The van der Waals surface area contributed by atoms with Gasteiger partial charge in [0.15, 0.2) is 0 Å². The number of halogens is 3. The van der Waals surface area contributed by atoms with Gasteiger partial charge >= 0.3 is 0 Å². The first kappa shape index (κ1) is 20.3. The van der Waals surface area contributed by atoms with Crippen LogP contribution in [0.5, 0.6) is 11.5 Å². The zero-order chi connectivity index (χ0) is 20.1. The Morgan fingerprint density at radius 3 is 2.21 bits per heavy atom. The van der Waals surface area contributed by atoms with Gasteiger partial charge in [0.25, 0.3) is 5.91 Å². The molecule has 0 aliphatic rings. The number of hydrogen-bond acceptors (Lipinski definition) is 3. The van der Waals surface area contributed by atoms with Crippen LogP contribution in [0.25, 0.3) is 0 Å². The second-order valence-corrected chi connectivity index (χ2v) is 7.19. The minimum Gasteiger partial charge on any atom is -0.496 e. The fourth-order valence-electron chi connectivity index (χ4n) is 2.55. The molecule has 0 aliphatic carbocycles. The number of hydrogen-bond donors (Lipinski definition) is 1. The fourth-order valence-corrected chi connectivity index (χ4v) is 3.21. The number of rotatable bonds is 6. The molecule has 0 fully saturated rings. The van der Waals surface area contributed by atoms with Crippen LogP contribution in [0.4, 0.5) is 5.69 Å². The maximum absolute atomic E-state index is 12.6. The molecule has 0 saturated carbocycles. The zero-order valence-electron chi connectivity index (χ0n) is 14.8. The van der Waals surface area contributed by atoms with Crippen molar-refractivity contribution in [3.05, 3.63) is 86.9 Å². The Labute approximate surface area is 177 Å². The van der Waals surface area contributed by atoms with Gasteiger partial charge in [-0.1, -0.05) is 34.8 Å². The summed E-state index contributed by atoms with van der Waals surface area (Å²) < 4.78 is 11.1. The molecule has 0 aliphatic heterocycles. The average molecular weight is 437 g/mol. The van der Waals surface area contributed by atoms with Gasteiger partial charge in [0.2, 0.25) is 0 Å². The summed E-state index contributed by atoms with van der Waals surface area (Å²) in [4.78, 5) is 12.6. The van der Waals surface area contributed by atoms with Crippen molar-refractivity contribution in [2.75, 3.05) is 12.4 Å². The number of carbonyl (C=O) groups excluding carboxylic acids is 1. The standard InChI is InChI=1S/C21H16Cl3NO3/c1-27-20-7-2-13(21(26)25-18-10-16(23)9-17(24)11-18)8-14(20)12-28-19-5-3-15(22)4-6-19/h2-11H,12H2,1H3,(H,25,26). The van der Waals surface area contributed by atoms with Gasteiger partial charge in [0.1, 0.15) is 18.1 Å². The Morgan fingerprint density at radius 1 is 0.893 bits per heavy atom. The molecule has 1 amide bonds. The Hall–Kier alpha value is -2.40. The highest BCUT2D eigenvalue weighted by molar-refractivity contribution is 6.35. The largest absolute Gasteiger partial charge is 0.496 e. The number of amides is 1. The van der Waals surface area contributed by atoms with Crippen molar-refractivity contribution >= 4 is 46.4 Å². The Balaban J connectivity index is 1.77. The number of ether oxygens (including phenoxy) is 2. The number of nitrogens with one attached hydrogen (secondary N) is 1. The Bertz CT molecular complexity index is 970. The molecule has 0 spiro atoms. The van der Waals surface area contributed by atoms with E-state index in [9.17, 15) is 4.79 Å². The molecule has 0 radical (unpaired) electrons. The van der Waals surface area contributed by atoms with E-state index in [1.54, 1.807) is 67.8 Å². The van der Waals surface area contributed by atoms with Crippen molar-refractivity contribution < 1.29 is 14.3 Å². The first-order chi connectivity index (χ1) is 13.4. The lowest BCUT2D eigenvalue weighted by Crippen LogP contribution is -2.13. The minimum atomic E-state index is -0.297. The van der Waals surface area contributed by atoms with Crippen molar-refractivity contribution in [2.45, 2.75) is 6.61 Å². The molecule has 0 atom stereocenters. The third kappa shape index (κ3) is 5.32. The summed E-state index contributed by atoms with van der Waals surface area (Å²) in [6.45, 7) is 0.231. The summed E-state index contributed by atoms with van der Waals surface area (Å²) in [5.74, 6) is 0.986. The molecular formula is C21H16Cl3NO3. The molecule has 7 heteroatoms. The van der Waals surface area contributed by atoms with Crippen LogP contribution in [0.2, 0.25) is 15.1 Å². The van der Waals surface area contributed by atoms with Gasteiger partial charge in [-0.05, 0) is 60.7 Å². The van der Waals surface area contributed by atoms with Crippen LogP contribution in [0.1, 0.15) is 15.9 Å². The van der Waals surface area contributed by atoms with Crippen LogP contribution in [-0.2, 0) is 6.61 Å². The highest BCUT2D eigenvalue weighted by Gasteiger charge is 2.12. The molecule has 28 heavy (non-hydrogen) atoms. The van der Waals surface area contributed by atoms with E-state index in [0.717, 1.165) is 5.56 Å². The molecule has 0 unspecified atom stereocenters. The van der Waals surface area contributed by atoms with Crippen LogP contribution in [-0.4, -0.2) is 13.0 Å². The quantitative estimate of drug-likeness (QED) is 0.480. The van der Waals surface area contributed by atoms with Crippen molar-refractivity contribution in [1.29, 1.82) is 0 Å². The smallest absolute Gasteiger partial charge is 0.255 e. The summed E-state index contributed by atoms with van der Waals surface area (Å²) in [5.41, 5.74) is 1.69. The lowest BCUT2D eigenvalue weighted by atomic mass is 10.1. The molecule has 0 saturated heterocycles. The van der Waals surface area contributed by atoms with E-state index in [1.165, 1.54) is 0 Å². The van der Waals surface area contributed by atoms with Crippen molar-refractivity contribution in [2.24, 2.45) is 0 Å². The fraction of sp³-hybridized carbons (Fsp3) is 0.0952. The molecule has 3 aromatic rings. The Kier molecular flexibility index (Phi) is 6.68. The SMILES string of the molecule is COc1ccc(C(=O)Nc2cc(Cl)cc(Cl)c2)cc1COc1ccc(Cl)cc1. The van der Waals surface area contributed by atoms with Gasteiger partial charge in [-0.3, -0.25) is 4.79 Å². The van der Waals surface area contributed by atoms with Gasteiger partial charge in [0, 0.05) is 31.9 Å². The number of benzene rings is 3. The predicted octanol–water partition coefficient (Wildman–Crippen LogP) is 6.49. The minimum absolute atomic E-state index is 0.231. The van der Waals surface area contributed by atoms with Gasteiger partial charge in [-0.15, -0.1) is 0 Å². The maximum atomic E-state index is 12.6. The lowest BCUT2D eigenvalue weighted by molar-refractivity contribution is 0.102. The van der Waals surface area contributed by atoms with E-state index >= 15 is 0 Å². The summed E-state index contributed by atoms with van der Waals surface area (Å²) in [6.07, 6.45) is 0. The van der Waals surface area contributed by atoms with Crippen LogP contribution in [0, 0.1) is 0 Å². The van der Waals surface area contributed by atoms with E-state index in [2.05, 4.69) is 5.32 Å². The topological polar surface area (TPSA) is 47.6 Å². The highest BCUT2D eigenvalue weighted by atomic mass is 35.5. The van der Waals surface area contributed by atoms with E-state index < -0.39 is 0 Å². The normalized spacial score (nSPS) is 10.4. The van der Waals surface area contributed by atoms with E-state index in [1.807, 2.05) is 0 Å². The summed E-state index contributed by atoms with van der Waals surface area (Å²) >= 11 is 17.8. The third-order valence-electron chi connectivity index (χ3n) is 3.87. The summed E-state index contributed by atoms with van der Waals surface area (Å²) in [5, 5.41) is 4.29. The van der Waals surface area contributed by atoms with Gasteiger partial charge in [-0.25, -0.2) is 0 Å². The van der Waals surface area contributed by atoms with Crippen molar-refractivity contribution in [3.63, 3.8) is 0 Å². The predicted molar refractivity (Wildman–Crippen MR) is 113 cm³/mol. The first-order valence-electron chi connectivity index (χ1n) is 8.27. The molecule has 4 nitrogen and oxygen atoms in total. The van der Waals surface area contributed by atoms with Gasteiger partial charge in [0.05, 0.1) is 7.11 Å². The van der Waals surface area contributed by atoms with Crippen molar-refractivity contribution in [1.82, 2.24) is 0 Å². The highest BCUT2D eigenvalue weighted by Crippen LogP contribution is 2.25. The molecular weight excluding hydrogens is 421 g/mol. The van der Waals surface area contributed by atoms with Crippen LogP contribution >= 0.6 is 34.8 Å². The molecule has 1 N–H and O–H groups in total. The number of methoxy groups -OCH3 is 1. The van der Waals surface area contributed by atoms with Crippen LogP contribution in [0.3, 0.4) is 0 Å². The van der Waals surface area contributed by atoms with E-state index in [-0.39, 0.29) is 12.5 Å². The van der Waals surface area contributed by atoms with E-state index in [4.69, 9.17) is 44.3 Å². The maximum Gasteiger partial charge on any atom is 0.255 e.